The molecule has 0 saturated carbocycles. The lowest BCUT2D eigenvalue weighted by Gasteiger charge is -2.36. The number of aromatic nitrogens is 2. The van der Waals surface area contributed by atoms with Gasteiger partial charge in [-0.15, -0.1) is 23.5 Å². The summed E-state index contributed by atoms with van der Waals surface area (Å²) in [5.74, 6) is 3.42. The van der Waals surface area contributed by atoms with E-state index in [2.05, 4.69) is 63.5 Å². The van der Waals surface area contributed by atoms with Gasteiger partial charge in [0.1, 0.15) is 5.75 Å². The summed E-state index contributed by atoms with van der Waals surface area (Å²) >= 11 is 4.19. The predicted molar refractivity (Wildman–Crippen MR) is 91.2 cm³/mol. The first-order valence-electron chi connectivity index (χ1n) is 7.16. The molecule has 5 heteroatoms. The molecule has 1 saturated heterocycles. The van der Waals surface area contributed by atoms with Crippen molar-refractivity contribution in [1.29, 1.82) is 0 Å². The van der Waals surface area contributed by atoms with Gasteiger partial charge in [-0.25, -0.2) is 4.98 Å². The van der Waals surface area contributed by atoms with E-state index >= 15 is 0 Å². The van der Waals surface area contributed by atoms with Gasteiger partial charge in [0.15, 0.2) is 0 Å². The summed E-state index contributed by atoms with van der Waals surface area (Å²) < 4.78 is 7.67. The number of rotatable bonds is 5. The normalized spacial score (nSPS) is 17.6. The highest BCUT2D eigenvalue weighted by molar-refractivity contribution is 8.18. The number of ether oxygens (including phenoxy) is 1. The minimum absolute atomic E-state index is 0.216. The molecule has 2 heterocycles. The van der Waals surface area contributed by atoms with Crippen LogP contribution in [0.3, 0.4) is 0 Å². The highest BCUT2D eigenvalue weighted by Gasteiger charge is 2.34. The van der Waals surface area contributed by atoms with Gasteiger partial charge in [-0.3, -0.25) is 0 Å². The molecule has 1 aliphatic heterocycles. The standard InChI is InChI=1S/C16H20N2OS2/c1-19-15-5-3-14(4-6-15)11-16(20-9-2-10-21-16)12-18-8-7-17-13-18/h3-8,13H,2,9-12H2,1H3. The Morgan fingerprint density at radius 3 is 2.62 bits per heavy atom. The summed E-state index contributed by atoms with van der Waals surface area (Å²) in [6.45, 7) is 1.01. The second-order valence-corrected chi connectivity index (χ2v) is 8.44. The molecule has 0 atom stereocenters. The molecule has 1 aromatic heterocycles. The maximum Gasteiger partial charge on any atom is 0.118 e. The highest BCUT2D eigenvalue weighted by Crippen LogP contribution is 2.45. The molecule has 0 radical (unpaired) electrons. The van der Waals surface area contributed by atoms with E-state index < -0.39 is 0 Å². The Bertz CT molecular complexity index is 548. The molecule has 0 N–H and O–H groups in total. The van der Waals surface area contributed by atoms with E-state index in [0.29, 0.717) is 0 Å². The zero-order valence-corrected chi connectivity index (χ0v) is 13.8. The molecule has 112 valence electrons. The minimum atomic E-state index is 0.216. The second-order valence-electron chi connectivity index (χ2n) is 5.22. The van der Waals surface area contributed by atoms with Gasteiger partial charge in [0.25, 0.3) is 0 Å². The second kappa shape index (κ2) is 6.79. The van der Waals surface area contributed by atoms with E-state index in [1.807, 2.05) is 12.5 Å². The predicted octanol–water partition coefficient (Wildman–Crippen LogP) is 3.70. The molecular formula is C16H20N2OS2. The topological polar surface area (TPSA) is 27.1 Å². The molecule has 2 aromatic rings. The number of benzene rings is 1. The average molecular weight is 320 g/mol. The van der Waals surface area contributed by atoms with Gasteiger partial charge in [0.05, 0.1) is 17.5 Å². The zero-order chi connectivity index (χ0) is 14.5. The summed E-state index contributed by atoms with van der Waals surface area (Å²) in [5, 5.41) is 0. The van der Waals surface area contributed by atoms with E-state index in [1.165, 1.54) is 23.5 Å². The van der Waals surface area contributed by atoms with Crippen LogP contribution in [0, 0.1) is 0 Å². The lowest BCUT2D eigenvalue weighted by molar-refractivity contribution is 0.414. The van der Waals surface area contributed by atoms with E-state index in [1.54, 1.807) is 7.11 Å². The fraction of sp³-hybridized carbons (Fsp3) is 0.438. The number of imidazole rings is 1. The smallest absolute Gasteiger partial charge is 0.118 e. The van der Waals surface area contributed by atoms with E-state index in [9.17, 15) is 0 Å². The van der Waals surface area contributed by atoms with Gasteiger partial charge in [-0.05, 0) is 42.0 Å². The third-order valence-corrected chi connectivity index (χ3v) is 6.93. The van der Waals surface area contributed by atoms with Gasteiger partial charge in [-0.2, -0.15) is 0 Å². The van der Waals surface area contributed by atoms with Crippen LogP contribution in [0.5, 0.6) is 5.75 Å². The zero-order valence-electron chi connectivity index (χ0n) is 12.2. The SMILES string of the molecule is COc1ccc(CC2(Cn3ccnc3)SCCCS2)cc1. The number of methoxy groups -OCH3 is 1. The van der Waals surface area contributed by atoms with Gasteiger partial charge < -0.3 is 9.30 Å². The van der Waals surface area contributed by atoms with Crippen LogP contribution in [0.4, 0.5) is 0 Å². The number of hydrogen-bond donors (Lipinski definition) is 0. The average Bonchev–Trinajstić information content (AvgIpc) is 3.01. The van der Waals surface area contributed by atoms with Crippen molar-refractivity contribution in [3.05, 3.63) is 48.5 Å². The Balaban J connectivity index is 1.77. The molecule has 1 aromatic carbocycles. The quantitative estimate of drug-likeness (QED) is 0.839. The lowest BCUT2D eigenvalue weighted by atomic mass is 10.1. The summed E-state index contributed by atoms with van der Waals surface area (Å²) in [5.41, 5.74) is 1.37. The van der Waals surface area contributed by atoms with Crippen LogP contribution in [0.25, 0.3) is 0 Å². The number of hydrogen-bond acceptors (Lipinski definition) is 4. The molecule has 3 rings (SSSR count). The van der Waals surface area contributed by atoms with E-state index in [0.717, 1.165) is 18.7 Å². The Morgan fingerprint density at radius 1 is 1.24 bits per heavy atom. The first-order valence-corrected chi connectivity index (χ1v) is 9.13. The van der Waals surface area contributed by atoms with Crippen LogP contribution < -0.4 is 4.74 Å². The molecule has 0 aliphatic carbocycles. The van der Waals surface area contributed by atoms with Crippen LogP contribution in [-0.4, -0.2) is 32.2 Å². The Labute approximate surface area is 134 Å². The molecule has 1 aliphatic rings. The van der Waals surface area contributed by atoms with Crippen LogP contribution in [0.2, 0.25) is 0 Å². The van der Waals surface area contributed by atoms with Crippen molar-refractivity contribution in [2.45, 2.75) is 23.5 Å². The fourth-order valence-electron chi connectivity index (χ4n) is 2.58. The molecule has 0 amide bonds. The maximum absolute atomic E-state index is 5.25. The highest BCUT2D eigenvalue weighted by atomic mass is 32.2. The summed E-state index contributed by atoms with van der Waals surface area (Å²) in [6, 6.07) is 8.48. The van der Waals surface area contributed by atoms with Crippen LogP contribution >= 0.6 is 23.5 Å². The van der Waals surface area contributed by atoms with Crippen LogP contribution in [0.1, 0.15) is 12.0 Å². The number of nitrogens with zero attached hydrogens (tertiary/aromatic N) is 2. The molecule has 1 fully saturated rings. The van der Waals surface area contributed by atoms with Crippen molar-refractivity contribution in [3.8, 4) is 5.75 Å². The molecule has 0 unspecified atom stereocenters. The van der Waals surface area contributed by atoms with Crippen molar-refractivity contribution in [1.82, 2.24) is 9.55 Å². The van der Waals surface area contributed by atoms with Crippen molar-refractivity contribution in [2.75, 3.05) is 18.6 Å². The summed E-state index contributed by atoms with van der Waals surface area (Å²) in [4.78, 5) is 4.18. The molecule has 0 bridgehead atoms. The van der Waals surface area contributed by atoms with Gasteiger partial charge >= 0.3 is 0 Å². The van der Waals surface area contributed by atoms with E-state index in [-0.39, 0.29) is 4.08 Å². The maximum atomic E-state index is 5.25. The summed E-state index contributed by atoms with van der Waals surface area (Å²) in [7, 11) is 1.71. The lowest BCUT2D eigenvalue weighted by Crippen LogP contribution is -2.32. The first-order chi connectivity index (χ1) is 10.3. The van der Waals surface area contributed by atoms with Gasteiger partial charge in [0, 0.05) is 18.9 Å². The Hall–Kier alpha value is -1.07. The van der Waals surface area contributed by atoms with Crippen molar-refractivity contribution >= 4 is 23.5 Å². The fourth-order valence-corrected chi connectivity index (χ4v) is 5.93. The monoisotopic (exact) mass is 320 g/mol. The van der Waals surface area contributed by atoms with Crippen molar-refractivity contribution < 1.29 is 4.74 Å². The minimum Gasteiger partial charge on any atom is -0.497 e. The third-order valence-electron chi connectivity index (χ3n) is 3.63. The first kappa shape index (κ1) is 14.9. The molecule has 21 heavy (non-hydrogen) atoms. The number of thioether (sulfide) groups is 2. The molecular weight excluding hydrogens is 300 g/mol. The van der Waals surface area contributed by atoms with Crippen molar-refractivity contribution in [3.63, 3.8) is 0 Å². The van der Waals surface area contributed by atoms with Crippen LogP contribution in [0.15, 0.2) is 43.0 Å². The van der Waals surface area contributed by atoms with Crippen LogP contribution in [-0.2, 0) is 13.0 Å². The van der Waals surface area contributed by atoms with Crippen molar-refractivity contribution in [2.24, 2.45) is 0 Å². The Morgan fingerprint density at radius 2 is 2.00 bits per heavy atom. The third kappa shape index (κ3) is 3.77. The van der Waals surface area contributed by atoms with Gasteiger partial charge in [-0.1, -0.05) is 12.1 Å². The van der Waals surface area contributed by atoms with Gasteiger partial charge in [0.2, 0.25) is 0 Å². The largest absolute Gasteiger partial charge is 0.497 e. The summed E-state index contributed by atoms with van der Waals surface area (Å²) in [6.07, 6.45) is 8.23. The molecule has 3 nitrogen and oxygen atoms in total. The van der Waals surface area contributed by atoms with E-state index in [4.69, 9.17) is 4.74 Å². The Kier molecular flexibility index (Phi) is 4.80. The molecule has 0 spiro atoms.